The van der Waals surface area contributed by atoms with Crippen LogP contribution in [0.2, 0.25) is 0 Å². The zero-order valence-corrected chi connectivity index (χ0v) is 15.1. The molecule has 1 aliphatic heterocycles. The highest BCUT2D eigenvalue weighted by Crippen LogP contribution is 2.31. The van der Waals surface area contributed by atoms with Gasteiger partial charge in [0.05, 0.1) is 30.2 Å². The lowest BCUT2D eigenvalue weighted by Crippen LogP contribution is -2.53. The molecule has 0 bridgehead atoms. The van der Waals surface area contributed by atoms with Gasteiger partial charge in [0.15, 0.2) is 0 Å². The van der Waals surface area contributed by atoms with Gasteiger partial charge in [-0.15, -0.1) is 0 Å². The maximum atomic E-state index is 12.3. The Kier molecular flexibility index (Phi) is 4.34. The summed E-state index contributed by atoms with van der Waals surface area (Å²) in [4.78, 5) is 22.3. The molecule has 1 saturated heterocycles. The molecule has 0 spiro atoms. The SMILES string of the molecule is CC1(C)CO[C@H](c2ccccc2)CN1Cc1nc2ccccc2c(=O)[nH]1. The van der Waals surface area contributed by atoms with Gasteiger partial charge in [0.2, 0.25) is 0 Å². The highest BCUT2D eigenvalue weighted by Gasteiger charge is 2.35. The molecule has 1 aromatic heterocycles. The molecule has 2 heterocycles. The van der Waals surface area contributed by atoms with Gasteiger partial charge in [-0.3, -0.25) is 9.69 Å². The molecule has 1 atom stereocenters. The van der Waals surface area contributed by atoms with E-state index in [0.717, 1.165) is 12.1 Å². The number of nitrogens with zero attached hydrogens (tertiary/aromatic N) is 2. The molecular formula is C21H23N3O2. The van der Waals surface area contributed by atoms with E-state index in [1.165, 1.54) is 5.56 Å². The lowest BCUT2D eigenvalue weighted by atomic mass is 9.98. The van der Waals surface area contributed by atoms with Crippen molar-refractivity contribution in [2.75, 3.05) is 13.2 Å². The van der Waals surface area contributed by atoms with Gasteiger partial charge in [-0.2, -0.15) is 0 Å². The van der Waals surface area contributed by atoms with Gasteiger partial charge in [0.1, 0.15) is 5.82 Å². The zero-order chi connectivity index (χ0) is 18.1. The third-order valence-corrected chi connectivity index (χ3v) is 5.05. The van der Waals surface area contributed by atoms with Crippen LogP contribution in [0.1, 0.15) is 31.3 Å². The van der Waals surface area contributed by atoms with E-state index in [9.17, 15) is 4.79 Å². The average Bonchev–Trinajstić information content (AvgIpc) is 2.64. The Morgan fingerprint density at radius 3 is 2.69 bits per heavy atom. The van der Waals surface area contributed by atoms with Gasteiger partial charge < -0.3 is 9.72 Å². The second-order valence-corrected chi connectivity index (χ2v) is 7.43. The minimum Gasteiger partial charge on any atom is -0.370 e. The number of fused-ring (bicyclic) bond motifs is 1. The summed E-state index contributed by atoms with van der Waals surface area (Å²) in [5, 5.41) is 0.625. The van der Waals surface area contributed by atoms with Crippen molar-refractivity contribution >= 4 is 10.9 Å². The number of nitrogens with one attached hydrogen (secondary N) is 1. The number of rotatable bonds is 3. The zero-order valence-electron chi connectivity index (χ0n) is 15.1. The molecule has 0 amide bonds. The normalized spacial score (nSPS) is 20.3. The predicted molar refractivity (Wildman–Crippen MR) is 102 cm³/mol. The van der Waals surface area contributed by atoms with Crippen LogP contribution in [-0.4, -0.2) is 33.6 Å². The molecule has 0 aliphatic carbocycles. The van der Waals surface area contributed by atoms with Crippen molar-refractivity contribution in [3.8, 4) is 0 Å². The van der Waals surface area contributed by atoms with Crippen LogP contribution in [0.3, 0.4) is 0 Å². The van der Waals surface area contributed by atoms with Crippen LogP contribution in [0.4, 0.5) is 0 Å². The minimum absolute atomic E-state index is 0.0244. The number of ether oxygens (including phenoxy) is 1. The standard InChI is InChI=1S/C21H23N3O2/c1-21(2)14-26-18(15-8-4-3-5-9-15)12-24(21)13-19-22-17-11-7-6-10-16(17)20(25)23-19/h3-11,18H,12-14H2,1-2H3,(H,22,23,25)/t18-/m0/s1. The highest BCUT2D eigenvalue weighted by molar-refractivity contribution is 5.77. The summed E-state index contributed by atoms with van der Waals surface area (Å²) in [5.74, 6) is 0.690. The second-order valence-electron chi connectivity index (χ2n) is 7.43. The van der Waals surface area contributed by atoms with Crippen molar-refractivity contribution in [1.29, 1.82) is 0 Å². The van der Waals surface area contributed by atoms with Crippen LogP contribution in [0, 0.1) is 0 Å². The average molecular weight is 349 g/mol. The third-order valence-electron chi connectivity index (χ3n) is 5.05. The Bertz CT molecular complexity index is 966. The Morgan fingerprint density at radius 1 is 1.15 bits per heavy atom. The van der Waals surface area contributed by atoms with Crippen molar-refractivity contribution in [3.05, 3.63) is 76.3 Å². The minimum atomic E-state index is -0.129. The lowest BCUT2D eigenvalue weighted by Gasteiger charge is -2.45. The lowest BCUT2D eigenvalue weighted by molar-refractivity contribution is -0.105. The van der Waals surface area contributed by atoms with Crippen molar-refractivity contribution in [2.45, 2.75) is 32.0 Å². The van der Waals surface area contributed by atoms with Crippen LogP contribution >= 0.6 is 0 Å². The number of para-hydroxylation sites is 1. The number of aromatic nitrogens is 2. The number of hydrogen-bond donors (Lipinski definition) is 1. The van der Waals surface area contributed by atoms with E-state index in [1.54, 1.807) is 6.07 Å². The smallest absolute Gasteiger partial charge is 0.258 e. The van der Waals surface area contributed by atoms with Crippen LogP contribution in [-0.2, 0) is 11.3 Å². The monoisotopic (exact) mass is 349 g/mol. The van der Waals surface area contributed by atoms with E-state index in [2.05, 4.69) is 40.8 Å². The Labute approximate surface area is 152 Å². The third kappa shape index (κ3) is 3.28. The predicted octanol–water partition coefficient (Wildman–Crippen LogP) is 3.28. The molecule has 3 aromatic rings. The Balaban J connectivity index is 1.62. The molecular weight excluding hydrogens is 326 g/mol. The fourth-order valence-electron chi connectivity index (χ4n) is 3.43. The summed E-state index contributed by atoms with van der Waals surface area (Å²) < 4.78 is 6.11. The van der Waals surface area contributed by atoms with Crippen molar-refractivity contribution in [3.63, 3.8) is 0 Å². The molecule has 26 heavy (non-hydrogen) atoms. The van der Waals surface area contributed by atoms with Crippen molar-refractivity contribution < 1.29 is 4.74 Å². The van der Waals surface area contributed by atoms with Gasteiger partial charge in [-0.05, 0) is 31.5 Å². The fraction of sp³-hybridized carbons (Fsp3) is 0.333. The summed E-state index contributed by atoms with van der Waals surface area (Å²) in [7, 11) is 0. The largest absolute Gasteiger partial charge is 0.370 e. The first-order chi connectivity index (χ1) is 12.5. The molecule has 4 rings (SSSR count). The first kappa shape index (κ1) is 16.9. The van der Waals surface area contributed by atoms with E-state index < -0.39 is 0 Å². The number of morpholine rings is 1. The molecule has 134 valence electrons. The number of hydrogen-bond acceptors (Lipinski definition) is 4. The van der Waals surface area contributed by atoms with E-state index >= 15 is 0 Å². The van der Waals surface area contributed by atoms with E-state index in [-0.39, 0.29) is 17.2 Å². The molecule has 5 nitrogen and oxygen atoms in total. The van der Waals surface area contributed by atoms with Crippen LogP contribution in [0.25, 0.3) is 10.9 Å². The van der Waals surface area contributed by atoms with Crippen LogP contribution in [0.15, 0.2) is 59.4 Å². The number of aromatic amines is 1. The van der Waals surface area contributed by atoms with Crippen LogP contribution < -0.4 is 5.56 Å². The van der Waals surface area contributed by atoms with E-state index in [0.29, 0.717) is 24.4 Å². The molecule has 0 radical (unpaired) electrons. The molecule has 0 saturated carbocycles. The number of H-pyrrole nitrogens is 1. The summed E-state index contributed by atoms with van der Waals surface area (Å²) >= 11 is 0. The van der Waals surface area contributed by atoms with Gasteiger partial charge in [0, 0.05) is 12.1 Å². The van der Waals surface area contributed by atoms with Gasteiger partial charge in [-0.25, -0.2) is 4.98 Å². The fourth-order valence-corrected chi connectivity index (χ4v) is 3.43. The van der Waals surface area contributed by atoms with E-state index in [1.807, 2.05) is 36.4 Å². The topological polar surface area (TPSA) is 58.2 Å². The van der Waals surface area contributed by atoms with Gasteiger partial charge in [-0.1, -0.05) is 42.5 Å². The van der Waals surface area contributed by atoms with Crippen molar-refractivity contribution in [2.24, 2.45) is 0 Å². The summed E-state index contributed by atoms with van der Waals surface area (Å²) in [6, 6.07) is 17.7. The van der Waals surface area contributed by atoms with Crippen LogP contribution in [0.5, 0.6) is 0 Å². The van der Waals surface area contributed by atoms with E-state index in [4.69, 9.17) is 4.74 Å². The van der Waals surface area contributed by atoms with Gasteiger partial charge in [0.25, 0.3) is 5.56 Å². The second kappa shape index (κ2) is 6.67. The summed E-state index contributed by atoms with van der Waals surface area (Å²) in [6.07, 6.45) is 0.0244. The Hall–Kier alpha value is -2.50. The maximum Gasteiger partial charge on any atom is 0.258 e. The highest BCUT2D eigenvalue weighted by atomic mass is 16.5. The molecule has 5 heteroatoms. The molecule has 2 aromatic carbocycles. The molecule has 1 fully saturated rings. The quantitative estimate of drug-likeness (QED) is 0.788. The molecule has 1 N–H and O–H groups in total. The summed E-state index contributed by atoms with van der Waals surface area (Å²) in [5.41, 5.74) is 1.69. The summed E-state index contributed by atoms with van der Waals surface area (Å²) in [6.45, 7) is 6.29. The molecule has 0 unspecified atom stereocenters. The number of benzene rings is 2. The maximum absolute atomic E-state index is 12.3. The van der Waals surface area contributed by atoms with Crippen molar-refractivity contribution in [1.82, 2.24) is 14.9 Å². The van der Waals surface area contributed by atoms with Gasteiger partial charge >= 0.3 is 0 Å². The first-order valence-corrected chi connectivity index (χ1v) is 8.92. The molecule has 1 aliphatic rings. The Morgan fingerprint density at radius 2 is 1.88 bits per heavy atom. The first-order valence-electron chi connectivity index (χ1n) is 8.92.